The SMILES string of the molecule is COc1ccc(C(=O)OC(C)C(=O)Nc2cc([N+](=O)[O-])ccc2Cl)c(F)c1. The maximum absolute atomic E-state index is 13.9. The van der Waals surface area contributed by atoms with E-state index < -0.39 is 28.7 Å². The summed E-state index contributed by atoms with van der Waals surface area (Å²) in [5, 5.41) is 13.2. The van der Waals surface area contributed by atoms with Crippen molar-refractivity contribution < 1.29 is 28.4 Å². The minimum Gasteiger partial charge on any atom is -0.497 e. The summed E-state index contributed by atoms with van der Waals surface area (Å²) < 4.78 is 23.7. The molecular formula is C17H14ClFN2O6. The van der Waals surface area contributed by atoms with Crippen LogP contribution in [0.1, 0.15) is 17.3 Å². The molecule has 0 aliphatic rings. The van der Waals surface area contributed by atoms with Crippen molar-refractivity contribution in [1.29, 1.82) is 0 Å². The summed E-state index contributed by atoms with van der Waals surface area (Å²) in [6.07, 6.45) is -1.31. The predicted octanol–water partition coefficient (Wildman–Crippen LogP) is 3.58. The number of carbonyl (C=O) groups excluding carboxylic acids is 2. The molecule has 2 rings (SSSR count). The van der Waals surface area contributed by atoms with Crippen molar-refractivity contribution in [3.63, 3.8) is 0 Å². The van der Waals surface area contributed by atoms with E-state index in [4.69, 9.17) is 21.1 Å². The number of hydrogen-bond acceptors (Lipinski definition) is 6. The molecule has 10 heteroatoms. The monoisotopic (exact) mass is 396 g/mol. The van der Waals surface area contributed by atoms with Crippen LogP contribution in [-0.4, -0.2) is 30.0 Å². The Morgan fingerprint density at radius 1 is 1.26 bits per heavy atom. The fraction of sp³-hybridized carbons (Fsp3) is 0.176. The average molecular weight is 397 g/mol. The number of amides is 1. The molecule has 0 heterocycles. The Hall–Kier alpha value is -3.20. The van der Waals surface area contributed by atoms with Crippen LogP contribution in [0, 0.1) is 15.9 Å². The zero-order valence-electron chi connectivity index (χ0n) is 14.2. The number of hydrogen-bond donors (Lipinski definition) is 1. The molecule has 0 aromatic heterocycles. The highest BCUT2D eigenvalue weighted by Crippen LogP contribution is 2.27. The summed E-state index contributed by atoms with van der Waals surface area (Å²) in [4.78, 5) is 34.4. The molecule has 0 bridgehead atoms. The first-order valence-electron chi connectivity index (χ1n) is 7.52. The lowest BCUT2D eigenvalue weighted by Crippen LogP contribution is -2.30. The first-order valence-corrected chi connectivity index (χ1v) is 7.90. The fourth-order valence-corrected chi connectivity index (χ4v) is 2.19. The number of rotatable bonds is 6. The van der Waals surface area contributed by atoms with Crippen LogP contribution >= 0.6 is 11.6 Å². The zero-order chi connectivity index (χ0) is 20.1. The van der Waals surface area contributed by atoms with E-state index in [0.717, 1.165) is 12.1 Å². The lowest BCUT2D eigenvalue weighted by atomic mass is 10.2. The average Bonchev–Trinajstić information content (AvgIpc) is 2.62. The number of benzene rings is 2. The number of nitro groups is 1. The van der Waals surface area contributed by atoms with E-state index in [1.165, 1.54) is 38.3 Å². The Bertz CT molecular complexity index is 905. The minimum atomic E-state index is -1.31. The second-order valence-electron chi connectivity index (χ2n) is 5.30. The van der Waals surface area contributed by atoms with Crippen molar-refractivity contribution in [3.8, 4) is 5.75 Å². The summed E-state index contributed by atoms with van der Waals surface area (Å²) >= 11 is 5.89. The number of ether oxygens (including phenoxy) is 2. The third kappa shape index (κ3) is 4.91. The molecule has 0 aliphatic heterocycles. The van der Waals surface area contributed by atoms with Gasteiger partial charge in [-0.05, 0) is 25.1 Å². The van der Waals surface area contributed by atoms with Crippen molar-refractivity contribution in [2.24, 2.45) is 0 Å². The molecule has 27 heavy (non-hydrogen) atoms. The second-order valence-corrected chi connectivity index (χ2v) is 5.71. The van der Waals surface area contributed by atoms with Crippen molar-refractivity contribution in [2.45, 2.75) is 13.0 Å². The van der Waals surface area contributed by atoms with Crippen LogP contribution in [-0.2, 0) is 9.53 Å². The van der Waals surface area contributed by atoms with Crippen molar-refractivity contribution in [2.75, 3.05) is 12.4 Å². The van der Waals surface area contributed by atoms with E-state index in [9.17, 15) is 24.1 Å². The van der Waals surface area contributed by atoms with E-state index in [-0.39, 0.29) is 27.7 Å². The lowest BCUT2D eigenvalue weighted by Gasteiger charge is -2.14. The van der Waals surface area contributed by atoms with Gasteiger partial charge in [-0.1, -0.05) is 11.6 Å². The zero-order valence-corrected chi connectivity index (χ0v) is 15.0. The Labute approximate surface area is 158 Å². The molecule has 1 atom stereocenters. The molecule has 0 radical (unpaired) electrons. The number of anilines is 1. The fourth-order valence-electron chi connectivity index (χ4n) is 2.02. The summed E-state index contributed by atoms with van der Waals surface area (Å²) in [6, 6.07) is 7.03. The summed E-state index contributed by atoms with van der Waals surface area (Å²) in [6.45, 7) is 1.26. The van der Waals surface area contributed by atoms with Gasteiger partial charge < -0.3 is 14.8 Å². The smallest absolute Gasteiger partial charge is 0.341 e. The number of esters is 1. The number of non-ortho nitro benzene ring substituents is 1. The van der Waals surface area contributed by atoms with E-state index in [1.807, 2.05) is 0 Å². The van der Waals surface area contributed by atoms with Gasteiger partial charge in [0.1, 0.15) is 11.6 Å². The molecule has 1 unspecified atom stereocenters. The van der Waals surface area contributed by atoms with E-state index in [2.05, 4.69) is 5.32 Å². The molecule has 1 N–H and O–H groups in total. The first kappa shape index (κ1) is 20.1. The Kier molecular flexibility index (Phi) is 6.30. The molecule has 2 aromatic rings. The molecule has 8 nitrogen and oxygen atoms in total. The molecule has 0 aliphatic carbocycles. The van der Waals surface area contributed by atoms with E-state index in [1.54, 1.807) is 0 Å². The molecule has 2 aromatic carbocycles. The van der Waals surface area contributed by atoms with Gasteiger partial charge >= 0.3 is 5.97 Å². The van der Waals surface area contributed by atoms with Crippen LogP contribution in [0.15, 0.2) is 36.4 Å². The first-order chi connectivity index (χ1) is 12.7. The number of halogens is 2. The molecule has 0 saturated heterocycles. The van der Waals surface area contributed by atoms with Crippen molar-refractivity contribution in [1.82, 2.24) is 0 Å². The Morgan fingerprint density at radius 2 is 1.96 bits per heavy atom. The number of nitrogens with zero attached hydrogens (tertiary/aromatic N) is 1. The summed E-state index contributed by atoms with van der Waals surface area (Å²) in [5.74, 6) is -2.49. The number of carbonyl (C=O) groups is 2. The van der Waals surface area contributed by atoms with Gasteiger partial charge in [-0.3, -0.25) is 14.9 Å². The summed E-state index contributed by atoms with van der Waals surface area (Å²) in [7, 11) is 1.35. The third-order valence-electron chi connectivity index (χ3n) is 3.47. The van der Waals surface area contributed by atoms with Crippen molar-refractivity contribution in [3.05, 3.63) is 62.9 Å². The lowest BCUT2D eigenvalue weighted by molar-refractivity contribution is -0.384. The molecular weight excluding hydrogens is 383 g/mol. The minimum absolute atomic E-state index is 0.0191. The van der Waals surface area contributed by atoms with Gasteiger partial charge in [-0.25, -0.2) is 9.18 Å². The van der Waals surface area contributed by atoms with Crippen LogP contribution in [0.2, 0.25) is 5.02 Å². The maximum atomic E-state index is 13.9. The Morgan fingerprint density at radius 3 is 2.56 bits per heavy atom. The highest BCUT2D eigenvalue weighted by molar-refractivity contribution is 6.33. The van der Waals surface area contributed by atoms with Crippen LogP contribution in [0.3, 0.4) is 0 Å². The van der Waals surface area contributed by atoms with Crippen molar-refractivity contribution >= 4 is 34.9 Å². The van der Waals surface area contributed by atoms with Gasteiger partial charge in [0.25, 0.3) is 11.6 Å². The third-order valence-corrected chi connectivity index (χ3v) is 3.80. The highest BCUT2D eigenvalue weighted by Gasteiger charge is 2.22. The van der Waals surface area contributed by atoms with Crippen LogP contribution < -0.4 is 10.1 Å². The Balaban J connectivity index is 2.08. The molecule has 0 fully saturated rings. The van der Waals surface area contributed by atoms with Gasteiger partial charge in [0, 0.05) is 18.2 Å². The standard InChI is InChI=1S/C17H14ClFN2O6/c1-9(27-17(23)12-5-4-11(26-2)8-14(12)19)16(22)20-15-7-10(21(24)25)3-6-13(15)18/h3-9H,1-2H3,(H,20,22). The van der Waals surface area contributed by atoms with E-state index in [0.29, 0.717) is 0 Å². The van der Waals surface area contributed by atoms with Crippen LogP contribution in [0.25, 0.3) is 0 Å². The quantitative estimate of drug-likeness (QED) is 0.454. The van der Waals surface area contributed by atoms with Gasteiger partial charge in [0.15, 0.2) is 6.10 Å². The normalized spacial score (nSPS) is 11.4. The van der Waals surface area contributed by atoms with Gasteiger partial charge in [0.05, 0.1) is 28.3 Å². The molecule has 142 valence electrons. The number of nitrogens with one attached hydrogen (secondary N) is 1. The molecule has 1 amide bonds. The largest absolute Gasteiger partial charge is 0.497 e. The molecule has 0 spiro atoms. The molecule has 0 saturated carbocycles. The number of methoxy groups -OCH3 is 1. The van der Waals surface area contributed by atoms with Gasteiger partial charge in [-0.15, -0.1) is 0 Å². The topological polar surface area (TPSA) is 108 Å². The van der Waals surface area contributed by atoms with Gasteiger partial charge in [-0.2, -0.15) is 0 Å². The van der Waals surface area contributed by atoms with E-state index >= 15 is 0 Å². The second kappa shape index (κ2) is 8.45. The summed E-state index contributed by atoms with van der Waals surface area (Å²) in [5.41, 5.74) is -0.669. The van der Waals surface area contributed by atoms with Crippen LogP contribution in [0.4, 0.5) is 15.8 Å². The predicted molar refractivity (Wildman–Crippen MR) is 94.6 cm³/mol. The maximum Gasteiger partial charge on any atom is 0.341 e. The highest BCUT2D eigenvalue weighted by atomic mass is 35.5. The van der Waals surface area contributed by atoms with Crippen LogP contribution in [0.5, 0.6) is 5.75 Å². The number of nitro benzene ring substituents is 1. The van der Waals surface area contributed by atoms with Gasteiger partial charge in [0.2, 0.25) is 0 Å².